The van der Waals surface area contributed by atoms with Gasteiger partial charge in [-0.3, -0.25) is 4.79 Å². The van der Waals surface area contributed by atoms with E-state index in [0.29, 0.717) is 38.9 Å². The number of amides is 2. The Labute approximate surface area is 261 Å². The van der Waals surface area contributed by atoms with E-state index in [2.05, 4.69) is 4.90 Å². The largest absolute Gasteiger partial charge is 0.457 e. The maximum atomic E-state index is 13.1. The van der Waals surface area contributed by atoms with Crippen LogP contribution in [0.2, 0.25) is 0 Å². The highest BCUT2D eigenvalue weighted by atomic mass is 19.1. The quantitative estimate of drug-likeness (QED) is 0.188. The average Bonchev–Trinajstić information content (AvgIpc) is 3.48. The molecule has 1 unspecified atom stereocenters. The van der Waals surface area contributed by atoms with Gasteiger partial charge in [-0.15, -0.1) is 0 Å². The van der Waals surface area contributed by atoms with E-state index < -0.39 is 43.1 Å². The molecule has 10 nitrogen and oxygen atoms in total. The summed E-state index contributed by atoms with van der Waals surface area (Å²) >= 11 is 0. The second-order valence-corrected chi connectivity index (χ2v) is 12.7. The third kappa shape index (κ3) is 10.9. The Morgan fingerprint density at radius 3 is 2.55 bits per heavy atom. The summed E-state index contributed by atoms with van der Waals surface area (Å²) in [5, 5.41) is 10.5. The number of aliphatic hydroxyl groups excluding tert-OH is 1. The number of ether oxygens (including phenoxy) is 3. The number of allylic oxidation sites excluding steroid dienone is 2. The lowest BCUT2D eigenvalue weighted by Crippen LogP contribution is -2.48. The van der Waals surface area contributed by atoms with E-state index in [9.17, 15) is 23.9 Å². The third-order valence-corrected chi connectivity index (χ3v) is 8.76. The van der Waals surface area contributed by atoms with E-state index in [1.54, 1.807) is 4.90 Å². The van der Waals surface area contributed by atoms with E-state index in [-0.39, 0.29) is 36.9 Å². The van der Waals surface area contributed by atoms with E-state index in [1.165, 1.54) is 4.90 Å². The molecule has 3 aliphatic rings. The highest BCUT2D eigenvalue weighted by Gasteiger charge is 2.31. The van der Waals surface area contributed by atoms with Gasteiger partial charge in [0.2, 0.25) is 0 Å². The van der Waals surface area contributed by atoms with Crippen molar-refractivity contribution in [3.8, 4) is 0 Å². The van der Waals surface area contributed by atoms with Gasteiger partial charge in [-0.05, 0) is 57.2 Å². The zero-order chi connectivity index (χ0) is 32.2. The van der Waals surface area contributed by atoms with Crippen LogP contribution in [0.1, 0.15) is 59.8 Å². The van der Waals surface area contributed by atoms with Crippen LogP contribution in [-0.4, -0.2) is 115 Å². The second kappa shape index (κ2) is 17.5. The minimum atomic E-state index is -0.855. The summed E-state index contributed by atoms with van der Waals surface area (Å²) in [6, 6.07) is -0.396. The molecule has 0 saturated carbocycles. The molecular weight excluding hydrogens is 569 g/mol. The molecule has 0 aromatic rings. The van der Waals surface area contributed by atoms with Gasteiger partial charge in [0.25, 0.3) is 0 Å². The van der Waals surface area contributed by atoms with Crippen molar-refractivity contribution in [2.75, 3.05) is 53.1 Å². The smallest absolute Gasteiger partial charge is 0.410 e. The van der Waals surface area contributed by atoms with Gasteiger partial charge in [-0.25, -0.2) is 14.0 Å². The number of carbonyl (C=O) groups excluding carboxylic acids is 3. The fraction of sp³-hybridized carbons (Fsp3) is 0.727. The van der Waals surface area contributed by atoms with Crippen LogP contribution in [0, 0.1) is 17.8 Å². The lowest BCUT2D eigenvalue weighted by molar-refractivity contribution is -0.151. The summed E-state index contributed by atoms with van der Waals surface area (Å²) in [7, 11) is 2.03. The molecule has 2 amide bonds. The number of esters is 1. The van der Waals surface area contributed by atoms with Crippen molar-refractivity contribution >= 4 is 18.2 Å². The van der Waals surface area contributed by atoms with Gasteiger partial charge in [0.15, 0.2) is 0 Å². The van der Waals surface area contributed by atoms with Crippen molar-refractivity contribution in [3.05, 3.63) is 36.0 Å². The predicted octanol–water partition coefficient (Wildman–Crippen LogP) is 4.73. The molecule has 0 spiro atoms. The Balaban J connectivity index is 1.66. The molecule has 248 valence electrons. The number of hydrogen-bond donors (Lipinski definition) is 1. The summed E-state index contributed by atoms with van der Waals surface area (Å²) < 4.78 is 30.4. The fourth-order valence-corrected chi connectivity index (χ4v) is 5.70. The summed E-state index contributed by atoms with van der Waals surface area (Å²) in [6.45, 7) is 10.7. The van der Waals surface area contributed by atoms with Crippen LogP contribution >= 0.6 is 0 Å². The first-order chi connectivity index (χ1) is 21.0. The van der Waals surface area contributed by atoms with E-state index in [4.69, 9.17) is 14.2 Å². The van der Waals surface area contributed by atoms with Gasteiger partial charge in [0, 0.05) is 44.6 Å². The van der Waals surface area contributed by atoms with E-state index in [1.807, 2.05) is 65.1 Å². The van der Waals surface area contributed by atoms with Crippen LogP contribution in [0.5, 0.6) is 0 Å². The fourth-order valence-electron chi connectivity index (χ4n) is 5.70. The number of halogens is 1. The zero-order valence-corrected chi connectivity index (χ0v) is 27.0. The first kappa shape index (κ1) is 35.6. The Hall–Kier alpha value is -2.92. The van der Waals surface area contributed by atoms with Crippen LogP contribution in [0.15, 0.2) is 36.0 Å². The van der Waals surface area contributed by atoms with Crippen molar-refractivity contribution in [2.45, 2.75) is 84.2 Å². The van der Waals surface area contributed by atoms with Crippen LogP contribution in [0.3, 0.4) is 0 Å². The highest BCUT2D eigenvalue weighted by molar-refractivity contribution is 5.70. The predicted molar refractivity (Wildman–Crippen MR) is 166 cm³/mol. The summed E-state index contributed by atoms with van der Waals surface area (Å²) in [5.74, 6) is -0.848. The standard InChI is InChI=1S/C33H52FN3O7/c1-23(22-42-33(41)37-15-7-10-27(37)21-34)8-6-9-25(3)31-26(4)12-14-29(24(2)11-13-28(38)20-30(39)44-31)43-32(40)36-18-16-35(5)17-19-36/h6,8-9,12,14,23-24,26-29,31,38H,7,10-11,13,15-22H2,1-5H3/b8-6+,14-12+,25-9+/t23?,24-,26+,27-,28+,29+,31-/m1/s1. The maximum Gasteiger partial charge on any atom is 0.410 e. The first-order valence-corrected chi connectivity index (χ1v) is 16.0. The van der Waals surface area contributed by atoms with Gasteiger partial charge >= 0.3 is 18.2 Å². The van der Waals surface area contributed by atoms with Gasteiger partial charge in [-0.1, -0.05) is 45.1 Å². The number of rotatable bonds is 7. The minimum Gasteiger partial charge on any atom is -0.457 e. The Kier molecular flexibility index (Phi) is 14.2. The van der Waals surface area contributed by atoms with Crippen LogP contribution in [0.25, 0.3) is 0 Å². The minimum absolute atomic E-state index is 0.0538. The molecule has 0 aromatic heterocycles. The third-order valence-electron chi connectivity index (χ3n) is 8.76. The second-order valence-electron chi connectivity index (χ2n) is 12.7. The highest BCUT2D eigenvalue weighted by Crippen LogP contribution is 2.25. The number of cyclic esters (lactones) is 1. The average molecular weight is 622 g/mol. The van der Waals surface area contributed by atoms with E-state index in [0.717, 1.165) is 25.1 Å². The number of carbonyl (C=O) groups is 3. The number of hydrogen-bond acceptors (Lipinski definition) is 8. The summed E-state index contributed by atoms with van der Waals surface area (Å²) in [4.78, 5) is 43.4. The first-order valence-electron chi connectivity index (χ1n) is 16.0. The SMILES string of the molecule is C/C(=C\C=C\C(C)COC(=O)N1CCC[C@@H]1CF)[C@H]1OC(=O)C[C@@H](O)CC[C@@H](C)[C@@H](OC(=O)N2CCN(C)CC2)/C=C/[C@@H]1C. The molecule has 0 aliphatic carbocycles. The summed E-state index contributed by atoms with van der Waals surface area (Å²) in [5.41, 5.74) is 0.796. The van der Waals surface area contributed by atoms with Crippen molar-refractivity contribution in [1.82, 2.24) is 14.7 Å². The molecule has 1 N–H and O–H groups in total. The number of piperazine rings is 1. The molecule has 0 radical (unpaired) electrons. The topological polar surface area (TPSA) is 109 Å². The molecule has 7 atom stereocenters. The van der Waals surface area contributed by atoms with Gasteiger partial charge in [-0.2, -0.15) is 0 Å². The molecule has 0 bridgehead atoms. The van der Waals surface area contributed by atoms with Crippen LogP contribution in [0.4, 0.5) is 14.0 Å². The monoisotopic (exact) mass is 621 g/mol. The molecule has 2 fully saturated rings. The van der Waals surface area contributed by atoms with Crippen LogP contribution < -0.4 is 0 Å². The van der Waals surface area contributed by atoms with Gasteiger partial charge < -0.3 is 34.0 Å². The lowest BCUT2D eigenvalue weighted by atomic mass is 9.92. The van der Waals surface area contributed by atoms with Crippen molar-refractivity contribution in [2.24, 2.45) is 17.8 Å². The molecular formula is C33H52FN3O7. The molecule has 11 heteroatoms. The number of aliphatic hydroxyl groups is 1. The van der Waals surface area contributed by atoms with Crippen molar-refractivity contribution in [3.63, 3.8) is 0 Å². The molecule has 3 rings (SSSR count). The van der Waals surface area contributed by atoms with Crippen molar-refractivity contribution < 1.29 is 38.1 Å². The van der Waals surface area contributed by atoms with E-state index >= 15 is 0 Å². The molecule has 2 saturated heterocycles. The lowest BCUT2D eigenvalue weighted by Gasteiger charge is -2.33. The van der Waals surface area contributed by atoms with Crippen molar-refractivity contribution in [1.29, 1.82) is 0 Å². The Bertz CT molecular complexity index is 1040. The molecule has 44 heavy (non-hydrogen) atoms. The maximum absolute atomic E-state index is 13.1. The number of nitrogens with zero attached hydrogens (tertiary/aromatic N) is 3. The molecule has 3 aliphatic heterocycles. The number of likely N-dealkylation sites (N-methyl/N-ethyl adjacent to an activating group) is 1. The Morgan fingerprint density at radius 2 is 1.84 bits per heavy atom. The normalized spacial score (nSPS) is 31.2. The van der Waals surface area contributed by atoms with Gasteiger partial charge in [0.1, 0.15) is 18.9 Å². The number of alkyl halides is 1. The zero-order valence-electron chi connectivity index (χ0n) is 27.0. The molecule has 0 aromatic carbocycles. The molecule has 3 heterocycles. The summed E-state index contributed by atoms with van der Waals surface area (Å²) in [6.07, 6.45) is 8.94. The van der Waals surface area contributed by atoms with Crippen LogP contribution in [-0.2, 0) is 19.0 Å². The van der Waals surface area contributed by atoms with Gasteiger partial charge in [0.05, 0.1) is 25.2 Å². The Morgan fingerprint density at radius 1 is 1.11 bits per heavy atom. The number of likely N-dealkylation sites (tertiary alicyclic amines) is 1.